The second kappa shape index (κ2) is 7.21. The van der Waals surface area contributed by atoms with E-state index in [2.05, 4.69) is 22.3 Å². The highest BCUT2D eigenvalue weighted by molar-refractivity contribution is 5.78. The number of aromatic amines is 1. The van der Waals surface area contributed by atoms with E-state index >= 15 is 0 Å². The maximum Gasteiger partial charge on any atom is 0.228 e. The molecule has 3 heterocycles. The number of H-pyrrole nitrogens is 1. The van der Waals surface area contributed by atoms with Crippen molar-refractivity contribution in [1.82, 2.24) is 15.1 Å². The highest BCUT2D eigenvalue weighted by Gasteiger charge is 2.44. The number of likely N-dealkylation sites (tertiary alicyclic amines) is 1. The molecule has 0 bridgehead atoms. The minimum Gasteiger partial charge on any atom is -0.393 e. The summed E-state index contributed by atoms with van der Waals surface area (Å²) in [5.74, 6) is 0.111. The van der Waals surface area contributed by atoms with Crippen LogP contribution in [0, 0.1) is 0 Å². The summed E-state index contributed by atoms with van der Waals surface area (Å²) in [6, 6.07) is 11.9. The third-order valence-corrected chi connectivity index (χ3v) is 5.58. The molecule has 26 heavy (non-hydrogen) atoms. The van der Waals surface area contributed by atoms with Crippen LogP contribution in [0.4, 0.5) is 0 Å². The van der Waals surface area contributed by atoms with Crippen molar-refractivity contribution in [2.45, 2.75) is 49.9 Å². The van der Waals surface area contributed by atoms with Crippen molar-refractivity contribution in [2.75, 3.05) is 13.1 Å². The zero-order valence-electron chi connectivity index (χ0n) is 14.8. The van der Waals surface area contributed by atoms with Gasteiger partial charge in [0.05, 0.1) is 24.2 Å². The molecule has 6 heteroatoms. The van der Waals surface area contributed by atoms with E-state index in [-0.39, 0.29) is 23.7 Å². The van der Waals surface area contributed by atoms with Gasteiger partial charge in [0.15, 0.2) is 0 Å². The molecule has 1 aromatic heterocycles. The van der Waals surface area contributed by atoms with Gasteiger partial charge >= 0.3 is 0 Å². The molecule has 0 saturated carbocycles. The number of nitrogens with zero attached hydrogens (tertiary/aromatic N) is 2. The van der Waals surface area contributed by atoms with Gasteiger partial charge in [-0.15, -0.1) is 0 Å². The monoisotopic (exact) mass is 355 g/mol. The van der Waals surface area contributed by atoms with Crippen molar-refractivity contribution >= 4 is 5.91 Å². The number of aliphatic hydroxyl groups is 1. The van der Waals surface area contributed by atoms with Crippen LogP contribution >= 0.6 is 0 Å². The van der Waals surface area contributed by atoms with Crippen LogP contribution in [0.2, 0.25) is 0 Å². The van der Waals surface area contributed by atoms with Gasteiger partial charge in [-0.05, 0) is 24.5 Å². The Labute approximate surface area is 153 Å². The van der Waals surface area contributed by atoms with Crippen molar-refractivity contribution in [2.24, 2.45) is 0 Å². The zero-order chi connectivity index (χ0) is 18.0. The van der Waals surface area contributed by atoms with Crippen LogP contribution in [-0.4, -0.2) is 50.9 Å². The third-order valence-electron chi connectivity index (χ3n) is 5.58. The van der Waals surface area contributed by atoms with Gasteiger partial charge in [-0.2, -0.15) is 5.10 Å². The Balaban J connectivity index is 1.40. The van der Waals surface area contributed by atoms with Gasteiger partial charge in [0.2, 0.25) is 5.91 Å². The van der Waals surface area contributed by atoms with Crippen LogP contribution in [0.1, 0.15) is 43.0 Å². The Morgan fingerprint density at radius 3 is 2.73 bits per heavy atom. The summed E-state index contributed by atoms with van der Waals surface area (Å²) < 4.78 is 6.49. The first-order valence-electron chi connectivity index (χ1n) is 9.30. The maximum absolute atomic E-state index is 12.5. The van der Waals surface area contributed by atoms with E-state index in [4.69, 9.17) is 4.74 Å². The average Bonchev–Trinajstić information content (AvgIpc) is 3.15. The van der Waals surface area contributed by atoms with Gasteiger partial charge in [0, 0.05) is 37.8 Å². The number of carbonyl (C=O) groups excluding carboxylic acids is 1. The number of amides is 1. The number of ether oxygens (including phenoxy) is 1. The summed E-state index contributed by atoms with van der Waals surface area (Å²) >= 11 is 0. The molecule has 1 aromatic carbocycles. The number of hydrogen-bond acceptors (Lipinski definition) is 4. The molecule has 0 radical (unpaired) electrons. The molecule has 0 unspecified atom stereocenters. The normalized spacial score (nSPS) is 25.3. The first-order chi connectivity index (χ1) is 12.6. The lowest BCUT2D eigenvalue weighted by Gasteiger charge is -2.48. The van der Waals surface area contributed by atoms with E-state index in [1.165, 1.54) is 0 Å². The Bertz CT molecular complexity index is 724. The molecule has 2 aromatic rings. The summed E-state index contributed by atoms with van der Waals surface area (Å²) in [7, 11) is 0. The molecule has 2 aliphatic rings. The molecule has 1 amide bonds. The number of nitrogens with one attached hydrogen (secondary N) is 1. The standard InChI is InChI=1S/C20H25N3O3/c24-17-13-18(15-4-2-1-3-5-15)26-20(14-17)7-10-23(11-8-20)19(25)12-16-6-9-21-22-16/h1-6,9,17-18,24H,7-8,10-14H2,(H,21,22)/t17-,18-/m1/s1. The average molecular weight is 355 g/mol. The number of benzene rings is 1. The summed E-state index contributed by atoms with van der Waals surface area (Å²) in [6.45, 7) is 1.34. The Morgan fingerprint density at radius 1 is 1.27 bits per heavy atom. The minimum absolute atomic E-state index is 0.0767. The van der Waals surface area contributed by atoms with E-state index in [1.807, 2.05) is 29.2 Å². The topological polar surface area (TPSA) is 78.5 Å². The van der Waals surface area contributed by atoms with Crippen LogP contribution in [-0.2, 0) is 16.0 Å². The van der Waals surface area contributed by atoms with E-state index in [9.17, 15) is 9.90 Å². The van der Waals surface area contributed by atoms with Crippen molar-refractivity contribution in [3.8, 4) is 0 Å². The number of carbonyl (C=O) groups is 1. The van der Waals surface area contributed by atoms with Crippen LogP contribution in [0.15, 0.2) is 42.6 Å². The summed E-state index contributed by atoms with van der Waals surface area (Å²) in [5, 5.41) is 17.2. The summed E-state index contributed by atoms with van der Waals surface area (Å²) in [5.41, 5.74) is 1.62. The second-order valence-corrected chi connectivity index (χ2v) is 7.43. The maximum atomic E-state index is 12.5. The van der Waals surface area contributed by atoms with E-state index in [1.54, 1.807) is 6.20 Å². The smallest absolute Gasteiger partial charge is 0.228 e. The first kappa shape index (κ1) is 17.2. The number of hydrogen-bond donors (Lipinski definition) is 2. The Kier molecular flexibility index (Phi) is 4.78. The number of aromatic nitrogens is 2. The zero-order valence-corrected chi connectivity index (χ0v) is 14.8. The fourth-order valence-electron chi connectivity index (χ4n) is 4.17. The molecular weight excluding hydrogens is 330 g/mol. The third kappa shape index (κ3) is 3.66. The predicted octanol–water partition coefficient (Wildman–Crippen LogP) is 2.23. The van der Waals surface area contributed by atoms with Crippen LogP contribution in [0.5, 0.6) is 0 Å². The lowest BCUT2D eigenvalue weighted by atomic mass is 9.81. The van der Waals surface area contributed by atoms with Gasteiger partial charge in [0.1, 0.15) is 0 Å². The van der Waals surface area contributed by atoms with E-state index in [0.717, 1.165) is 24.1 Å². The minimum atomic E-state index is -0.360. The second-order valence-electron chi connectivity index (χ2n) is 7.43. The molecule has 6 nitrogen and oxygen atoms in total. The lowest BCUT2D eigenvalue weighted by molar-refractivity contribution is -0.185. The quantitative estimate of drug-likeness (QED) is 0.885. The Hall–Kier alpha value is -2.18. The summed E-state index contributed by atoms with van der Waals surface area (Å²) in [4.78, 5) is 14.4. The largest absolute Gasteiger partial charge is 0.393 e. The highest BCUT2D eigenvalue weighted by atomic mass is 16.5. The number of rotatable bonds is 3. The molecule has 2 atom stereocenters. The number of piperidine rings is 1. The summed E-state index contributed by atoms with van der Waals surface area (Å²) in [6.07, 6.45) is 4.39. The lowest BCUT2D eigenvalue weighted by Crippen LogP contribution is -2.52. The molecule has 2 N–H and O–H groups in total. The molecule has 4 rings (SSSR count). The molecule has 2 fully saturated rings. The highest BCUT2D eigenvalue weighted by Crippen LogP contribution is 2.42. The molecule has 2 aliphatic heterocycles. The van der Waals surface area contributed by atoms with Gasteiger partial charge in [-0.3, -0.25) is 9.89 Å². The fourth-order valence-corrected chi connectivity index (χ4v) is 4.17. The van der Waals surface area contributed by atoms with Crippen molar-refractivity contribution in [3.63, 3.8) is 0 Å². The molecule has 2 saturated heterocycles. The van der Waals surface area contributed by atoms with Gasteiger partial charge in [-0.25, -0.2) is 0 Å². The van der Waals surface area contributed by atoms with Gasteiger partial charge in [-0.1, -0.05) is 30.3 Å². The first-order valence-corrected chi connectivity index (χ1v) is 9.30. The van der Waals surface area contributed by atoms with Crippen LogP contribution in [0.3, 0.4) is 0 Å². The van der Waals surface area contributed by atoms with Gasteiger partial charge in [0.25, 0.3) is 0 Å². The fraction of sp³-hybridized carbons (Fsp3) is 0.500. The molecule has 1 spiro atoms. The van der Waals surface area contributed by atoms with Crippen LogP contribution < -0.4 is 0 Å². The van der Waals surface area contributed by atoms with Gasteiger partial charge < -0.3 is 14.7 Å². The van der Waals surface area contributed by atoms with E-state index < -0.39 is 0 Å². The van der Waals surface area contributed by atoms with Crippen molar-refractivity contribution < 1.29 is 14.6 Å². The molecule has 138 valence electrons. The van der Waals surface area contributed by atoms with Crippen LogP contribution in [0.25, 0.3) is 0 Å². The number of aliphatic hydroxyl groups excluding tert-OH is 1. The Morgan fingerprint density at radius 2 is 2.04 bits per heavy atom. The molecule has 0 aliphatic carbocycles. The molecular formula is C20H25N3O3. The predicted molar refractivity (Wildman–Crippen MR) is 96.3 cm³/mol. The van der Waals surface area contributed by atoms with E-state index in [0.29, 0.717) is 32.4 Å². The van der Waals surface area contributed by atoms with Crippen molar-refractivity contribution in [3.05, 3.63) is 53.9 Å². The van der Waals surface area contributed by atoms with Crippen molar-refractivity contribution in [1.29, 1.82) is 0 Å². The SMILES string of the molecule is O=C(Cc1ccn[nH]1)N1CCC2(CC1)C[C@H](O)C[C@H](c1ccccc1)O2.